The van der Waals surface area contributed by atoms with Gasteiger partial charge in [0.2, 0.25) is 0 Å². The molecule has 5 heteroatoms. The summed E-state index contributed by atoms with van der Waals surface area (Å²) < 4.78 is 4.90. The molecule has 0 unspecified atom stereocenters. The van der Waals surface area contributed by atoms with Crippen LogP contribution in [0.3, 0.4) is 0 Å². The second-order valence-corrected chi connectivity index (χ2v) is 5.42. The number of hydrogen-bond donors (Lipinski definition) is 3. The van der Waals surface area contributed by atoms with E-state index >= 15 is 0 Å². The van der Waals surface area contributed by atoms with Gasteiger partial charge in [0.15, 0.2) is 0 Å². The molecule has 0 fully saturated rings. The van der Waals surface area contributed by atoms with Gasteiger partial charge in [0.05, 0.1) is 0 Å². The summed E-state index contributed by atoms with van der Waals surface area (Å²) >= 11 is 0. The Morgan fingerprint density at radius 3 is 2.19 bits per heavy atom. The maximum absolute atomic E-state index is 9.81. The first-order chi connectivity index (χ1) is 7.21. The van der Waals surface area contributed by atoms with E-state index in [1.807, 2.05) is 20.8 Å². The van der Waals surface area contributed by atoms with Crippen molar-refractivity contribution in [3.8, 4) is 11.5 Å². The fourth-order valence-corrected chi connectivity index (χ4v) is 1.83. The molecule has 0 aliphatic carbocycles. The molecule has 0 amide bonds. The number of phenols is 1. The molecule has 1 aromatic rings. The Labute approximate surface area is 96.5 Å². The van der Waals surface area contributed by atoms with Crippen molar-refractivity contribution in [2.24, 2.45) is 0 Å². The van der Waals surface area contributed by atoms with Crippen LogP contribution in [0, 0.1) is 6.92 Å². The molecule has 0 aromatic heterocycles. The van der Waals surface area contributed by atoms with Gasteiger partial charge in [-0.05, 0) is 30.0 Å². The van der Waals surface area contributed by atoms with Crippen LogP contribution in [0.2, 0.25) is 0 Å². The maximum atomic E-state index is 9.81. The maximum Gasteiger partial charge on any atom is 0.391 e. The topological polar surface area (TPSA) is 69.9 Å². The summed E-state index contributed by atoms with van der Waals surface area (Å²) in [6.07, 6.45) is 0. The third-order valence-corrected chi connectivity index (χ3v) is 2.64. The molecule has 0 saturated carbocycles. The molecule has 0 aliphatic heterocycles. The highest BCUT2D eigenvalue weighted by molar-refractivity contribution is 7.39. The average molecular weight is 244 g/mol. The molecule has 0 radical (unpaired) electrons. The molecule has 0 spiro atoms. The lowest BCUT2D eigenvalue weighted by Crippen LogP contribution is -2.11. The quantitative estimate of drug-likeness (QED) is 0.699. The molecule has 0 atom stereocenters. The molecule has 90 valence electrons. The van der Waals surface area contributed by atoms with Gasteiger partial charge in [-0.1, -0.05) is 20.8 Å². The monoisotopic (exact) mass is 244 g/mol. The van der Waals surface area contributed by atoms with Gasteiger partial charge in [0.1, 0.15) is 11.5 Å². The zero-order valence-corrected chi connectivity index (χ0v) is 10.7. The third-order valence-electron chi connectivity index (χ3n) is 2.28. The van der Waals surface area contributed by atoms with Gasteiger partial charge in [-0.15, -0.1) is 0 Å². The number of rotatable bonds is 2. The van der Waals surface area contributed by atoms with Crippen LogP contribution in [-0.4, -0.2) is 14.9 Å². The minimum atomic E-state index is -2.43. The van der Waals surface area contributed by atoms with E-state index in [0.29, 0.717) is 16.9 Å². The molecule has 16 heavy (non-hydrogen) atoms. The van der Waals surface area contributed by atoms with Crippen LogP contribution < -0.4 is 4.52 Å². The highest BCUT2D eigenvalue weighted by Gasteiger charge is 2.20. The summed E-state index contributed by atoms with van der Waals surface area (Å²) in [4.78, 5) is 17.7. The van der Waals surface area contributed by atoms with Gasteiger partial charge in [-0.25, -0.2) is 0 Å². The van der Waals surface area contributed by atoms with Gasteiger partial charge in [0, 0.05) is 5.56 Å². The van der Waals surface area contributed by atoms with Crippen LogP contribution in [0.25, 0.3) is 0 Å². The Kier molecular flexibility index (Phi) is 3.79. The molecule has 3 N–H and O–H groups in total. The summed E-state index contributed by atoms with van der Waals surface area (Å²) in [6.45, 7) is 7.62. The van der Waals surface area contributed by atoms with Crippen molar-refractivity contribution in [2.75, 3.05) is 0 Å². The SMILES string of the molecule is Cc1cc(O)c(C(C)(C)C)cc1OP(O)O. The number of benzene rings is 1. The van der Waals surface area contributed by atoms with E-state index in [4.69, 9.17) is 14.3 Å². The summed E-state index contributed by atoms with van der Waals surface area (Å²) in [5, 5.41) is 9.81. The number of aryl methyl sites for hydroxylation is 1. The van der Waals surface area contributed by atoms with Crippen LogP contribution in [0.1, 0.15) is 31.9 Å². The van der Waals surface area contributed by atoms with E-state index in [1.165, 1.54) is 0 Å². The van der Waals surface area contributed by atoms with E-state index < -0.39 is 8.60 Å². The normalized spacial score (nSPS) is 11.9. The lowest BCUT2D eigenvalue weighted by Gasteiger charge is -2.22. The highest BCUT2D eigenvalue weighted by atomic mass is 31.2. The van der Waals surface area contributed by atoms with E-state index in [0.717, 1.165) is 0 Å². The van der Waals surface area contributed by atoms with Crippen molar-refractivity contribution in [3.63, 3.8) is 0 Å². The first-order valence-corrected chi connectivity index (χ1v) is 6.08. The van der Waals surface area contributed by atoms with Crippen molar-refractivity contribution in [2.45, 2.75) is 33.1 Å². The van der Waals surface area contributed by atoms with Gasteiger partial charge in [-0.2, -0.15) is 0 Å². The fourth-order valence-electron chi connectivity index (χ4n) is 1.46. The fraction of sp³-hybridized carbons (Fsp3) is 0.455. The zero-order chi connectivity index (χ0) is 12.5. The average Bonchev–Trinajstić information content (AvgIpc) is 2.06. The lowest BCUT2D eigenvalue weighted by molar-refractivity contribution is 0.372. The minimum Gasteiger partial charge on any atom is -0.508 e. The van der Waals surface area contributed by atoms with Crippen molar-refractivity contribution >= 4 is 8.60 Å². The Morgan fingerprint density at radius 1 is 1.19 bits per heavy atom. The van der Waals surface area contributed by atoms with Crippen molar-refractivity contribution in [1.82, 2.24) is 0 Å². The van der Waals surface area contributed by atoms with E-state index in [1.54, 1.807) is 19.1 Å². The second-order valence-electron chi connectivity index (χ2n) is 4.73. The van der Waals surface area contributed by atoms with Crippen LogP contribution in [-0.2, 0) is 5.41 Å². The smallest absolute Gasteiger partial charge is 0.391 e. The summed E-state index contributed by atoms with van der Waals surface area (Å²) in [5.41, 5.74) is 1.15. The van der Waals surface area contributed by atoms with Gasteiger partial charge in [0.25, 0.3) is 0 Å². The number of hydrogen-bond acceptors (Lipinski definition) is 4. The number of phenolic OH excluding ortho intramolecular Hbond substituents is 1. The van der Waals surface area contributed by atoms with E-state index in [9.17, 15) is 5.11 Å². The molecule has 0 aliphatic rings. The van der Waals surface area contributed by atoms with Gasteiger partial charge < -0.3 is 19.4 Å². The van der Waals surface area contributed by atoms with Gasteiger partial charge >= 0.3 is 8.60 Å². The van der Waals surface area contributed by atoms with Crippen molar-refractivity contribution in [1.29, 1.82) is 0 Å². The molecule has 4 nitrogen and oxygen atoms in total. The van der Waals surface area contributed by atoms with Crippen molar-refractivity contribution < 1.29 is 19.4 Å². The standard InChI is InChI=1S/C11H17O4P/c1-7-5-9(12)8(11(2,3)4)6-10(7)15-16(13)14/h5-6,12-14H,1-4H3. The van der Waals surface area contributed by atoms with E-state index in [-0.39, 0.29) is 11.2 Å². The van der Waals surface area contributed by atoms with Crippen molar-refractivity contribution in [3.05, 3.63) is 23.3 Å². The van der Waals surface area contributed by atoms with Gasteiger partial charge in [-0.3, -0.25) is 0 Å². The Morgan fingerprint density at radius 2 is 1.75 bits per heavy atom. The third kappa shape index (κ3) is 3.08. The van der Waals surface area contributed by atoms with Crippen LogP contribution in [0.15, 0.2) is 12.1 Å². The number of aromatic hydroxyl groups is 1. The predicted octanol–water partition coefficient (Wildman–Crippen LogP) is 2.59. The van der Waals surface area contributed by atoms with E-state index in [2.05, 4.69) is 0 Å². The van der Waals surface area contributed by atoms with Crippen LogP contribution in [0.5, 0.6) is 11.5 Å². The van der Waals surface area contributed by atoms with Crippen LogP contribution in [0.4, 0.5) is 0 Å². The summed E-state index contributed by atoms with van der Waals surface area (Å²) in [7, 11) is -2.43. The molecular formula is C11H17O4P. The minimum absolute atomic E-state index is 0.192. The molecule has 1 rings (SSSR count). The first kappa shape index (κ1) is 13.2. The van der Waals surface area contributed by atoms with Crippen LogP contribution >= 0.6 is 8.60 Å². The molecular weight excluding hydrogens is 227 g/mol. The zero-order valence-electron chi connectivity index (χ0n) is 9.85. The largest absolute Gasteiger partial charge is 0.508 e. The molecule has 0 heterocycles. The Bertz CT molecular complexity index is 382. The highest BCUT2D eigenvalue weighted by Crippen LogP contribution is 2.39. The molecule has 0 saturated heterocycles. The predicted molar refractivity (Wildman–Crippen MR) is 63.5 cm³/mol. The Hall–Kier alpha value is -0.830. The first-order valence-electron chi connectivity index (χ1n) is 4.92. The lowest BCUT2D eigenvalue weighted by atomic mass is 9.85. The summed E-state index contributed by atoms with van der Waals surface area (Å²) in [6, 6.07) is 3.21. The summed E-state index contributed by atoms with van der Waals surface area (Å²) in [5.74, 6) is 0.580. The Balaban J connectivity index is 3.22. The second kappa shape index (κ2) is 4.58. The molecule has 1 aromatic carbocycles. The molecule has 0 bridgehead atoms.